The summed E-state index contributed by atoms with van der Waals surface area (Å²) in [5.74, 6) is 0.635. The van der Waals surface area contributed by atoms with Gasteiger partial charge in [-0.3, -0.25) is 0 Å². The average Bonchev–Trinajstić information content (AvgIpc) is 3.60. The van der Waals surface area contributed by atoms with Crippen molar-refractivity contribution in [2.24, 2.45) is 5.92 Å². The minimum Gasteiger partial charge on any atom is -0.0791 e. The Hall–Kier alpha value is -2.64. The van der Waals surface area contributed by atoms with Gasteiger partial charge < -0.3 is 0 Å². The molecule has 0 bridgehead atoms. The highest BCUT2D eigenvalue weighted by Crippen LogP contribution is 2.52. The summed E-state index contributed by atoms with van der Waals surface area (Å²) >= 11 is 0. The quantitative estimate of drug-likeness (QED) is 0.312. The Labute approximate surface area is 212 Å². The van der Waals surface area contributed by atoms with Crippen LogP contribution in [0.2, 0.25) is 13.1 Å². The van der Waals surface area contributed by atoms with E-state index in [9.17, 15) is 0 Å². The van der Waals surface area contributed by atoms with Crippen molar-refractivity contribution in [2.45, 2.75) is 70.1 Å². The summed E-state index contributed by atoms with van der Waals surface area (Å²) in [5, 5.41) is 0. The van der Waals surface area contributed by atoms with Gasteiger partial charge in [-0.05, 0) is 92.8 Å². The predicted molar refractivity (Wildman–Crippen MR) is 154 cm³/mol. The van der Waals surface area contributed by atoms with E-state index >= 15 is 0 Å². The van der Waals surface area contributed by atoms with Crippen molar-refractivity contribution in [1.82, 2.24) is 0 Å². The average molecular weight is 475 g/mol. The molecule has 0 fully saturated rings. The van der Waals surface area contributed by atoms with E-state index in [0.29, 0.717) is 17.0 Å². The second-order valence-electron chi connectivity index (χ2n) is 11.6. The van der Waals surface area contributed by atoms with Gasteiger partial charge in [-0.1, -0.05) is 112 Å². The topological polar surface area (TPSA) is 0 Å². The molecule has 0 saturated heterocycles. The third kappa shape index (κ3) is 3.62. The highest BCUT2D eigenvalue weighted by Gasteiger charge is 2.45. The SMILES string of the molecule is CCCC(C)C1=CC([Si](C)(C)C2C=Cc3c2cc2c(c3-c3ccccc3)CCC2)c2ccccc21. The Morgan fingerprint density at radius 1 is 0.914 bits per heavy atom. The molecule has 0 N–H and O–H groups in total. The zero-order valence-corrected chi connectivity index (χ0v) is 22.8. The summed E-state index contributed by atoms with van der Waals surface area (Å²) in [6.45, 7) is 10.1. The lowest BCUT2D eigenvalue weighted by molar-refractivity contribution is 0.650. The van der Waals surface area contributed by atoms with Crippen LogP contribution >= 0.6 is 0 Å². The number of hydrogen-bond donors (Lipinski definition) is 0. The fourth-order valence-corrected chi connectivity index (χ4v) is 11.0. The predicted octanol–water partition coefficient (Wildman–Crippen LogP) is 9.36. The largest absolute Gasteiger partial charge is 0.0791 e. The highest BCUT2D eigenvalue weighted by atomic mass is 28.3. The molecular formula is C34H38Si. The third-order valence-electron chi connectivity index (χ3n) is 9.13. The molecule has 3 aromatic rings. The van der Waals surface area contributed by atoms with Crippen LogP contribution in [0.4, 0.5) is 0 Å². The van der Waals surface area contributed by atoms with E-state index in [1.165, 1.54) is 54.4 Å². The van der Waals surface area contributed by atoms with Crippen molar-refractivity contribution >= 4 is 19.7 Å². The van der Waals surface area contributed by atoms with Crippen molar-refractivity contribution in [2.75, 3.05) is 0 Å². The zero-order valence-electron chi connectivity index (χ0n) is 21.8. The number of allylic oxidation sites excluding steroid dienone is 3. The molecule has 35 heavy (non-hydrogen) atoms. The van der Waals surface area contributed by atoms with Gasteiger partial charge in [-0.2, -0.15) is 0 Å². The van der Waals surface area contributed by atoms with Crippen LogP contribution in [-0.2, 0) is 12.8 Å². The smallest absolute Gasteiger partial charge is 0.0715 e. The van der Waals surface area contributed by atoms with Crippen molar-refractivity contribution in [3.8, 4) is 11.1 Å². The van der Waals surface area contributed by atoms with E-state index in [4.69, 9.17) is 0 Å². The zero-order chi connectivity index (χ0) is 24.2. The van der Waals surface area contributed by atoms with E-state index in [2.05, 4.69) is 106 Å². The van der Waals surface area contributed by atoms with Gasteiger partial charge >= 0.3 is 0 Å². The van der Waals surface area contributed by atoms with Crippen molar-refractivity contribution in [3.63, 3.8) is 0 Å². The Bertz CT molecular complexity index is 1320. The molecule has 0 nitrogen and oxygen atoms in total. The molecular weight excluding hydrogens is 436 g/mol. The van der Waals surface area contributed by atoms with Gasteiger partial charge in [0.2, 0.25) is 0 Å². The molecule has 3 aliphatic rings. The van der Waals surface area contributed by atoms with Crippen LogP contribution in [0, 0.1) is 5.92 Å². The second kappa shape index (κ2) is 8.78. The van der Waals surface area contributed by atoms with Gasteiger partial charge in [-0.15, -0.1) is 0 Å². The van der Waals surface area contributed by atoms with Crippen molar-refractivity contribution in [3.05, 3.63) is 106 Å². The molecule has 3 aromatic carbocycles. The fraction of sp³-hybridized carbons (Fsp3) is 0.353. The Kier molecular flexibility index (Phi) is 5.72. The fourth-order valence-electron chi connectivity index (χ4n) is 7.32. The number of rotatable bonds is 6. The van der Waals surface area contributed by atoms with Gasteiger partial charge in [-0.25, -0.2) is 0 Å². The number of benzene rings is 3. The normalized spacial score (nSPS) is 21.0. The molecule has 1 heteroatoms. The maximum atomic E-state index is 2.70. The summed E-state index contributed by atoms with van der Waals surface area (Å²) in [4.78, 5) is 0. The Morgan fingerprint density at radius 2 is 1.69 bits per heavy atom. The van der Waals surface area contributed by atoms with Gasteiger partial charge in [0, 0.05) is 0 Å². The maximum absolute atomic E-state index is 2.70. The van der Waals surface area contributed by atoms with Crippen LogP contribution < -0.4 is 0 Å². The maximum Gasteiger partial charge on any atom is 0.0715 e. The van der Waals surface area contributed by atoms with Crippen molar-refractivity contribution in [1.29, 1.82) is 0 Å². The first-order valence-electron chi connectivity index (χ1n) is 13.7. The lowest BCUT2D eigenvalue weighted by Crippen LogP contribution is -2.40. The van der Waals surface area contributed by atoms with Gasteiger partial charge in [0.1, 0.15) is 0 Å². The van der Waals surface area contributed by atoms with E-state index in [0.717, 1.165) is 0 Å². The summed E-state index contributed by atoms with van der Waals surface area (Å²) in [6, 6.07) is 23.1. The molecule has 6 rings (SSSR count). The Balaban J connectivity index is 1.46. The molecule has 0 aliphatic heterocycles. The molecule has 0 radical (unpaired) electrons. The first kappa shape index (κ1) is 22.8. The molecule has 0 saturated carbocycles. The van der Waals surface area contributed by atoms with E-state index in [-0.39, 0.29) is 0 Å². The molecule has 0 heterocycles. The van der Waals surface area contributed by atoms with Crippen LogP contribution in [0.3, 0.4) is 0 Å². The summed E-state index contributed by atoms with van der Waals surface area (Å²) in [6.07, 6.45) is 14.1. The molecule has 0 aromatic heterocycles. The molecule has 3 atom stereocenters. The van der Waals surface area contributed by atoms with Crippen LogP contribution in [0.5, 0.6) is 0 Å². The van der Waals surface area contributed by atoms with E-state index < -0.39 is 8.07 Å². The van der Waals surface area contributed by atoms with Crippen molar-refractivity contribution < 1.29 is 0 Å². The van der Waals surface area contributed by atoms with Crippen LogP contribution in [0.1, 0.15) is 77.6 Å². The number of hydrogen-bond acceptors (Lipinski definition) is 0. The highest BCUT2D eigenvalue weighted by molar-refractivity contribution is 6.81. The minimum absolute atomic E-state index is 0.556. The van der Waals surface area contributed by atoms with E-state index in [1.807, 2.05) is 0 Å². The molecule has 0 spiro atoms. The summed E-state index contributed by atoms with van der Waals surface area (Å²) in [5.41, 5.74) is 15.1. The number of fused-ring (bicyclic) bond motifs is 3. The third-order valence-corrected chi connectivity index (χ3v) is 13.3. The standard InChI is InChI=1S/C34H38Si/c1-5-12-23(2)30-22-33(28-17-10-9-16-27(28)30)35(3,4)32-20-19-29-31(32)21-25-15-11-18-26(25)34(29)24-13-7-6-8-14-24/h6-10,13-14,16-17,19-23,32-33H,5,11-12,15,18H2,1-4H3. The van der Waals surface area contributed by atoms with Crippen LogP contribution in [0.15, 0.2) is 72.8 Å². The first-order chi connectivity index (χ1) is 17.0. The monoisotopic (exact) mass is 474 g/mol. The molecule has 3 aliphatic carbocycles. The summed E-state index contributed by atoms with van der Waals surface area (Å²) in [7, 11) is -1.77. The van der Waals surface area contributed by atoms with Crippen LogP contribution in [-0.4, -0.2) is 8.07 Å². The van der Waals surface area contributed by atoms with E-state index in [1.54, 1.807) is 27.8 Å². The van der Waals surface area contributed by atoms with Crippen LogP contribution in [0.25, 0.3) is 22.8 Å². The minimum atomic E-state index is -1.77. The first-order valence-corrected chi connectivity index (χ1v) is 16.9. The molecule has 3 unspecified atom stereocenters. The lowest BCUT2D eigenvalue weighted by atomic mass is 9.89. The van der Waals surface area contributed by atoms with Gasteiger partial charge in [0.05, 0.1) is 8.07 Å². The Morgan fingerprint density at radius 3 is 2.49 bits per heavy atom. The van der Waals surface area contributed by atoms with Gasteiger partial charge in [0.15, 0.2) is 0 Å². The second-order valence-corrected chi connectivity index (χ2v) is 16.5. The number of aryl methyl sites for hydroxylation is 1. The molecule has 0 amide bonds. The lowest BCUT2D eigenvalue weighted by Gasteiger charge is -2.36. The summed E-state index contributed by atoms with van der Waals surface area (Å²) < 4.78 is 0. The van der Waals surface area contributed by atoms with Gasteiger partial charge in [0.25, 0.3) is 0 Å². The molecule has 178 valence electrons.